The third-order valence-corrected chi connectivity index (χ3v) is 3.96. The van der Waals surface area contributed by atoms with E-state index in [1.807, 2.05) is 0 Å². The summed E-state index contributed by atoms with van der Waals surface area (Å²) in [5.74, 6) is 2.10. The Balaban J connectivity index is 1.72. The molecule has 6 heteroatoms. The molecule has 2 fully saturated rings. The average molecular weight is 251 g/mol. The molecular formula is C12H21N5O. The van der Waals surface area contributed by atoms with Gasteiger partial charge in [-0.1, -0.05) is 0 Å². The van der Waals surface area contributed by atoms with Crippen LogP contribution in [0.4, 0.5) is 5.95 Å². The van der Waals surface area contributed by atoms with Crippen LogP contribution in [0, 0.1) is 0 Å². The average Bonchev–Trinajstić information content (AvgIpc) is 2.97. The Kier molecular flexibility index (Phi) is 3.22. The summed E-state index contributed by atoms with van der Waals surface area (Å²) >= 11 is 0. The number of H-pyrrole nitrogens is 1. The number of anilines is 1. The highest BCUT2D eigenvalue weighted by Gasteiger charge is 2.29. The zero-order chi connectivity index (χ0) is 12.5. The van der Waals surface area contributed by atoms with Crippen molar-refractivity contribution >= 4 is 5.95 Å². The Morgan fingerprint density at radius 1 is 1.44 bits per heavy atom. The molecular weight excluding hydrogens is 230 g/mol. The molecule has 6 nitrogen and oxygen atoms in total. The van der Waals surface area contributed by atoms with Gasteiger partial charge in [-0.25, -0.2) is 0 Å². The van der Waals surface area contributed by atoms with E-state index < -0.39 is 0 Å². The summed E-state index contributed by atoms with van der Waals surface area (Å²) in [6.45, 7) is 4.77. The van der Waals surface area contributed by atoms with Crippen LogP contribution in [0.5, 0.6) is 0 Å². The molecule has 1 aromatic rings. The van der Waals surface area contributed by atoms with Crippen LogP contribution in [0.3, 0.4) is 0 Å². The summed E-state index contributed by atoms with van der Waals surface area (Å²) in [5.41, 5.74) is 5.99. The minimum Gasteiger partial charge on any atom is -0.378 e. The number of piperidine rings is 1. The standard InChI is InChI=1S/C12H21N5O/c1-8-10(4-6-18-8)11-14-12(16-15-11)17-5-2-3-9(13)7-17/h8-10H,2-7,13H2,1H3,(H,14,15,16). The van der Waals surface area contributed by atoms with Crippen LogP contribution in [0.1, 0.15) is 37.9 Å². The number of aromatic amines is 1. The first-order chi connectivity index (χ1) is 8.74. The SMILES string of the molecule is CC1OCCC1c1nc(N2CCCC(N)C2)n[nH]1. The molecule has 3 atom stereocenters. The van der Waals surface area contributed by atoms with Gasteiger partial charge >= 0.3 is 0 Å². The zero-order valence-corrected chi connectivity index (χ0v) is 10.8. The van der Waals surface area contributed by atoms with E-state index in [0.717, 1.165) is 50.7 Å². The van der Waals surface area contributed by atoms with Gasteiger partial charge in [0.05, 0.1) is 6.10 Å². The normalized spacial score (nSPS) is 33.0. The first-order valence-electron chi connectivity index (χ1n) is 6.78. The van der Waals surface area contributed by atoms with Gasteiger partial charge in [0.15, 0.2) is 0 Å². The highest BCUT2D eigenvalue weighted by molar-refractivity contribution is 5.30. The predicted molar refractivity (Wildman–Crippen MR) is 68.6 cm³/mol. The van der Waals surface area contributed by atoms with E-state index in [0.29, 0.717) is 5.92 Å². The van der Waals surface area contributed by atoms with Crippen LogP contribution in [0.2, 0.25) is 0 Å². The van der Waals surface area contributed by atoms with E-state index in [9.17, 15) is 0 Å². The fourth-order valence-corrected chi connectivity index (χ4v) is 2.85. The number of aromatic nitrogens is 3. The Labute approximate surface area is 107 Å². The first-order valence-corrected chi connectivity index (χ1v) is 6.78. The summed E-state index contributed by atoms with van der Waals surface area (Å²) in [7, 11) is 0. The lowest BCUT2D eigenvalue weighted by atomic mass is 10.0. The number of nitrogens with zero attached hydrogens (tertiary/aromatic N) is 3. The lowest BCUT2D eigenvalue weighted by molar-refractivity contribution is 0.117. The molecule has 2 aliphatic rings. The maximum atomic E-state index is 5.99. The number of rotatable bonds is 2. The lowest BCUT2D eigenvalue weighted by Crippen LogP contribution is -2.43. The van der Waals surface area contributed by atoms with E-state index in [4.69, 9.17) is 10.5 Å². The second-order valence-electron chi connectivity index (χ2n) is 5.34. The summed E-state index contributed by atoms with van der Waals surface area (Å²) in [6, 6.07) is 0.245. The molecule has 0 radical (unpaired) electrons. The third kappa shape index (κ3) is 2.22. The van der Waals surface area contributed by atoms with Crippen molar-refractivity contribution in [1.82, 2.24) is 15.2 Å². The minimum absolute atomic E-state index is 0.231. The summed E-state index contributed by atoms with van der Waals surface area (Å²) in [5, 5.41) is 7.40. The van der Waals surface area contributed by atoms with Gasteiger partial charge in [0, 0.05) is 31.7 Å². The van der Waals surface area contributed by atoms with E-state index in [2.05, 4.69) is 27.0 Å². The van der Waals surface area contributed by atoms with Gasteiger partial charge in [-0.05, 0) is 26.2 Å². The number of hydrogen-bond donors (Lipinski definition) is 2. The second-order valence-corrected chi connectivity index (χ2v) is 5.34. The number of nitrogens with two attached hydrogens (primary N) is 1. The fourth-order valence-electron chi connectivity index (χ4n) is 2.85. The van der Waals surface area contributed by atoms with Crippen molar-refractivity contribution in [3.8, 4) is 0 Å². The lowest BCUT2D eigenvalue weighted by Gasteiger charge is -2.29. The van der Waals surface area contributed by atoms with Gasteiger partial charge < -0.3 is 15.4 Å². The fraction of sp³-hybridized carbons (Fsp3) is 0.833. The van der Waals surface area contributed by atoms with Crippen LogP contribution >= 0.6 is 0 Å². The zero-order valence-electron chi connectivity index (χ0n) is 10.8. The van der Waals surface area contributed by atoms with Crippen LogP contribution in [0.15, 0.2) is 0 Å². The van der Waals surface area contributed by atoms with Gasteiger partial charge in [-0.3, -0.25) is 5.10 Å². The van der Waals surface area contributed by atoms with E-state index >= 15 is 0 Å². The highest BCUT2D eigenvalue weighted by Crippen LogP contribution is 2.29. The van der Waals surface area contributed by atoms with Crippen LogP contribution in [0.25, 0.3) is 0 Å². The van der Waals surface area contributed by atoms with Gasteiger partial charge in [0.2, 0.25) is 5.95 Å². The van der Waals surface area contributed by atoms with E-state index in [1.165, 1.54) is 0 Å². The molecule has 3 rings (SSSR count). The van der Waals surface area contributed by atoms with E-state index in [-0.39, 0.29) is 12.1 Å². The molecule has 1 aromatic heterocycles. The molecule has 3 heterocycles. The predicted octanol–water partition coefficient (Wildman–Crippen LogP) is 0.625. The molecule has 100 valence electrons. The molecule has 0 bridgehead atoms. The van der Waals surface area contributed by atoms with Crippen molar-refractivity contribution in [3.63, 3.8) is 0 Å². The Morgan fingerprint density at radius 2 is 2.33 bits per heavy atom. The minimum atomic E-state index is 0.231. The second kappa shape index (κ2) is 4.85. The van der Waals surface area contributed by atoms with Crippen molar-refractivity contribution in [1.29, 1.82) is 0 Å². The molecule has 2 saturated heterocycles. The number of ether oxygens (including phenoxy) is 1. The van der Waals surface area contributed by atoms with Gasteiger partial charge in [-0.15, -0.1) is 5.10 Å². The molecule has 0 saturated carbocycles. The summed E-state index contributed by atoms with van der Waals surface area (Å²) in [6.07, 6.45) is 3.47. The Bertz CT molecular complexity index is 407. The first kappa shape index (κ1) is 11.9. The summed E-state index contributed by atoms with van der Waals surface area (Å²) in [4.78, 5) is 6.80. The summed E-state index contributed by atoms with van der Waals surface area (Å²) < 4.78 is 5.57. The van der Waals surface area contributed by atoms with Crippen molar-refractivity contribution in [2.45, 2.75) is 44.2 Å². The molecule has 0 aliphatic carbocycles. The highest BCUT2D eigenvalue weighted by atomic mass is 16.5. The van der Waals surface area contributed by atoms with E-state index in [1.54, 1.807) is 0 Å². The maximum Gasteiger partial charge on any atom is 0.244 e. The quantitative estimate of drug-likeness (QED) is 0.805. The molecule has 3 unspecified atom stereocenters. The van der Waals surface area contributed by atoms with Gasteiger partial charge in [0.1, 0.15) is 5.82 Å². The molecule has 0 aromatic carbocycles. The molecule has 2 aliphatic heterocycles. The third-order valence-electron chi connectivity index (χ3n) is 3.96. The Morgan fingerprint density at radius 3 is 3.06 bits per heavy atom. The largest absolute Gasteiger partial charge is 0.378 e. The smallest absolute Gasteiger partial charge is 0.244 e. The van der Waals surface area contributed by atoms with Crippen molar-refractivity contribution in [2.75, 3.05) is 24.6 Å². The van der Waals surface area contributed by atoms with Gasteiger partial charge in [-0.2, -0.15) is 4.98 Å². The van der Waals surface area contributed by atoms with Crippen LogP contribution in [-0.2, 0) is 4.74 Å². The molecule has 3 N–H and O–H groups in total. The maximum absolute atomic E-state index is 5.99. The van der Waals surface area contributed by atoms with Crippen LogP contribution in [-0.4, -0.2) is 47.0 Å². The van der Waals surface area contributed by atoms with Gasteiger partial charge in [0.25, 0.3) is 0 Å². The monoisotopic (exact) mass is 251 g/mol. The van der Waals surface area contributed by atoms with Crippen molar-refractivity contribution in [2.24, 2.45) is 5.73 Å². The topological polar surface area (TPSA) is 80.1 Å². The molecule has 18 heavy (non-hydrogen) atoms. The van der Waals surface area contributed by atoms with Crippen molar-refractivity contribution < 1.29 is 4.74 Å². The number of nitrogens with one attached hydrogen (secondary N) is 1. The van der Waals surface area contributed by atoms with Crippen molar-refractivity contribution in [3.05, 3.63) is 5.82 Å². The Hall–Kier alpha value is -1.14. The molecule has 0 spiro atoms. The number of hydrogen-bond acceptors (Lipinski definition) is 5. The molecule has 0 amide bonds. The van der Waals surface area contributed by atoms with Crippen LogP contribution < -0.4 is 10.6 Å².